The molecule has 0 bridgehead atoms. The lowest BCUT2D eigenvalue weighted by Gasteiger charge is -2.11. The fourth-order valence-corrected chi connectivity index (χ4v) is 3.52. The fourth-order valence-electron chi connectivity index (χ4n) is 3.52. The third-order valence-electron chi connectivity index (χ3n) is 4.85. The molecule has 24 heavy (non-hydrogen) atoms. The van der Waals surface area contributed by atoms with E-state index in [-0.39, 0.29) is 11.4 Å². The van der Waals surface area contributed by atoms with Crippen LogP contribution in [0.15, 0.2) is 47.4 Å². The largest absolute Gasteiger partial charge is 0.269 e. The third-order valence-corrected chi connectivity index (χ3v) is 4.85. The number of fused-ring (bicyclic) bond motifs is 2. The molecule has 2 aromatic heterocycles. The van der Waals surface area contributed by atoms with Gasteiger partial charge in [-0.25, -0.2) is 9.37 Å². The number of nitrogens with zero attached hydrogens (tertiary/aromatic N) is 2. The second-order valence-corrected chi connectivity index (χ2v) is 6.69. The van der Waals surface area contributed by atoms with Gasteiger partial charge in [-0.15, -0.1) is 0 Å². The van der Waals surface area contributed by atoms with E-state index in [0.717, 1.165) is 48.1 Å². The van der Waals surface area contributed by atoms with Crippen LogP contribution in [-0.2, 0) is 12.8 Å². The SMILES string of the molecule is CC1CCCc2nc3cc(-c4ccc(F)cc4)ccn3c(=O)c2C1. The Balaban J connectivity index is 1.87. The first kappa shape index (κ1) is 15.1. The molecule has 1 aromatic carbocycles. The average Bonchev–Trinajstić information content (AvgIpc) is 2.77. The maximum Gasteiger partial charge on any atom is 0.261 e. The molecule has 0 saturated carbocycles. The van der Waals surface area contributed by atoms with E-state index in [2.05, 4.69) is 6.92 Å². The van der Waals surface area contributed by atoms with Crippen molar-refractivity contribution in [3.8, 4) is 11.1 Å². The van der Waals surface area contributed by atoms with Crippen molar-refractivity contribution in [2.75, 3.05) is 0 Å². The van der Waals surface area contributed by atoms with E-state index in [1.807, 2.05) is 12.1 Å². The van der Waals surface area contributed by atoms with Gasteiger partial charge in [-0.05, 0) is 60.6 Å². The summed E-state index contributed by atoms with van der Waals surface area (Å²) >= 11 is 0. The summed E-state index contributed by atoms with van der Waals surface area (Å²) in [6, 6.07) is 10.2. The molecule has 0 aliphatic heterocycles. The van der Waals surface area contributed by atoms with Gasteiger partial charge in [0.25, 0.3) is 5.56 Å². The lowest BCUT2D eigenvalue weighted by molar-refractivity contribution is 0.525. The summed E-state index contributed by atoms with van der Waals surface area (Å²) in [4.78, 5) is 17.6. The molecule has 1 atom stereocenters. The molecule has 0 saturated heterocycles. The topological polar surface area (TPSA) is 34.4 Å². The summed E-state index contributed by atoms with van der Waals surface area (Å²) in [7, 11) is 0. The van der Waals surface area contributed by atoms with Crippen LogP contribution in [0.25, 0.3) is 16.8 Å². The summed E-state index contributed by atoms with van der Waals surface area (Å²) in [6.07, 6.45) is 5.67. The highest BCUT2D eigenvalue weighted by atomic mass is 19.1. The lowest BCUT2D eigenvalue weighted by atomic mass is 10.0. The number of aromatic nitrogens is 2. The highest BCUT2D eigenvalue weighted by molar-refractivity contribution is 5.67. The van der Waals surface area contributed by atoms with E-state index in [9.17, 15) is 9.18 Å². The highest BCUT2D eigenvalue weighted by Crippen LogP contribution is 2.24. The van der Waals surface area contributed by atoms with Crippen molar-refractivity contribution >= 4 is 5.65 Å². The molecule has 0 amide bonds. The minimum atomic E-state index is -0.256. The monoisotopic (exact) mass is 322 g/mol. The van der Waals surface area contributed by atoms with Gasteiger partial charge < -0.3 is 0 Å². The second-order valence-electron chi connectivity index (χ2n) is 6.69. The Bertz CT molecular complexity index is 960. The van der Waals surface area contributed by atoms with Crippen molar-refractivity contribution < 1.29 is 4.39 Å². The summed E-state index contributed by atoms with van der Waals surface area (Å²) in [6.45, 7) is 2.20. The number of halogens is 1. The molecular weight excluding hydrogens is 303 g/mol. The Labute approximate surface area is 139 Å². The van der Waals surface area contributed by atoms with E-state index in [4.69, 9.17) is 4.98 Å². The number of pyridine rings is 1. The zero-order valence-corrected chi connectivity index (χ0v) is 13.6. The first-order valence-corrected chi connectivity index (χ1v) is 8.42. The van der Waals surface area contributed by atoms with Crippen molar-refractivity contribution in [2.45, 2.75) is 32.6 Å². The van der Waals surface area contributed by atoms with Crippen LogP contribution >= 0.6 is 0 Å². The summed E-state index contributed by atoms with van der Waals surface area (Å²) in [5.41, 5.74) is 4.37. The molecule has 1 unspecified atom stereocenters. The number of hydrogen-bond acceptors (Lipinski definition) is 2. The first-order chi connectivity index (χ1) is 11.6. The maximum absolute atomic E-state index is 13.1. The Hall–Kier alpha value is -2.49. The molecule has 4 heteroatoms. The molecule has 3 aromatic rings. The van der Waals surface area contributed by atoms with Crippen LogP contribution in [0.3, 0.4) is 0 Å². The van der Waals surface area contributed by atoms with Crippen LogP contribution in [0.1, 0.15) is 31.0 Å². The number of rotatable bonds is 1. The van der Waals surface area contributed by atoms with Gasteiger partial charge in [-0.3, -0.25) is 9.20 Å². The Morgan fingerprint density at radius 1 is 1.17 bits per heavy atom. The average molecular weight is 322 g/mol. The van der Waals surface area contributed by atoms with Gasteiger partial charge in [0.15, 0.2) is 0 Å². The summed E-state index contributed by atoms with van der Waals surface area (Å²) < 4.78 is 14.7. The molecule has 0 spiro atoms. The summed E-state index contributed by atoms with van der Waals surface area (Å²) in [5, 5.41) is 0. The number of benzene rings is 1. The van der Waals surface area contributed by atoms with E-state index in [1.54, 1.807) is 22.7 Å². The molecule has 4 rings (SSSR count). The van der Waals surface area contributed by atoms with Crippen molar-refractivity contribution in [2.24, 2.45) is 5.92 Å². The van der Waals surface area contributed by atoms with Gasteiger partial charge in [-0.2, -0.15) is 0 Å². The second kappa shape index (κ2) is 5.86. The molecule has 1 aliphatic rings. The van der Waals surface area contributed by atoms with Crippen molar-refractivity contribution in [1.82, 2.24) is 9.38 Å². The van der Waals surface area contributed by atoms with Crippen molar-refractivity contribution in [1.29, 1.82) is 0 Å². The van der Waals surface area contributed by atoms with Gasteiger partial charge in [-0.1, -0.05) is 25.5 Å². The Morgan fingerprint density at radius 2 is 1.96 bits per heavy atom. The van der Waals surface area contributed by atoms with Gasteiger partial charge in [0.2, 0.25) is 0 Å². The highest BCUT2D eigenvalue weighted by Gasteiger charge is 2.19. The van der Waals surface area contributed by atoms with E-state index in [0.29, 0.717) is 11.6 Å². The minimum Gasteiger partial charge on any atom is -0.269 e. The molecule has 0 fully saturated rings. The molecule has 0 radical (unpaired) electrons. The van der Waals surface area contributed by atoms with E-state index >= 15 is 0 Å². The Morgan fingerprint density at radius 3 is 2.75 bits per heavy atom. The minimum absolute atomic E-state index is 0.0504. The number of aryl methyl sites for hydroxylation is 1. The zero-order chi connectivity index (χ0) is 16.7. The van der Waals surface area contributed by atoms with Crippen LogP contribution < -0.4 is 5.56 Å². The van der Waals surface area contributed by atoms with E-state index in [1.165, 1.54) is 12.1 Å². The quantitative estimate of drug-likeness (QED) is 0.634. The molecule has 3 nitrogen and oxygen atoms in total. The van der Waals surface area contributed by atoms with Crippen LogP contribution in [0.5, 0.6) is 0 Å². The predicted octanol–water partition coefficient (Wildman–Crippen LogP) is 4.02. The summed E-state index contributed by atoms with van der Waals surface area (Å²) in [5.74, 6) is 0.269. The zero-order valence-electron chi connectivity index (χ0n) is 13.6. The van der Waals surface area contributed by atoms with Crippen LogP contribution in [0.2, 0.25) is 0 Å². The maximum atomic E-state index is 13.1. The van der Waals surface area contributed by atoms with Crippen LogP contribution in [-0.4, -0.2) is 9.38 Å². The molecular formula is C20H19FN2O. The van der Waals surface area contributed by atoms with Gasteiger partial charge in [0.1, 0.15) is 11.5 Å². The predicted molar refractivity (Wildman–Crippen MR) is 92.7 cm³/mol. The van der Waals surface area contributed by atoms with Crippen LogP contribution in [0.4, 0.5) is 4.39 Å². The molecule has 2 heterocycles. The molecule has 1 aliphatic carbocycles. The third kappa shape index (κ3) is 2.62. The first-order valence-electron chi connectivity index (χ1n) is 8.42. The normalized spacial score (nSPS) is 17.5. The van der Waals surface area contributed by atoms with Gasteiger partial charge in [0.05, 0.1) is 5.69 Å². The van der Waals surface area contributed by atoms with E-state index < -0.39 is 0 Å². The smallest absolute Gasteiger partial charge is 0.261 e. The lowest BCUT2D eigenvalue weighted by Crippen LogP contribution is -2.23. The Kier molecular flexibility index (Phi) is 3.68. The van der Waals surface area contributed by atoms with Gasteiger partial charge in [0, 0.05) is 11.8 Å². The molecule has 122 valence electrons. The van der Waals surface area contributed by atoms with Crippen molar-refractivity contribution in [3.63, 3.8) is 0 Å². The van der Waals surface area contributed by atoms with Crippen molar-refractivity contribution in [3.05, 3.63) is 70.0 Å². The molecule has 0 N–H and O–H groups in total. The number of hydrogen-bond donors (Lipinski definition) is 0. The van der Waals surface area contributed by atoms with Crippen LogP contribution in [0, 0.1) is 11.7 Å². The fraction of sp³-hybridized carbons (Fsp3) is 0.300. The standard InChI is InChI=1S/C20H19FN2O/c1-13-3-2-4-18-17(11-13)20(24)23-10-9-15(12-19(23)22-18)14-5-7-16(21)8-6-14/h5-10,12-13H,2-4,11H2,1H3. The van der Waals surface area contributed by atoms with Gasteiger partial charge >= 0.3 is 0 Å².